The van der Waals surface area contributed by atoms with Crippen LogP contribution in [-0.2, 0) is 4.74 Å². The normalized spacial score (nSPS) is 15.2. The van der Waals surface area contributed by atoms with Crippen LogP contribution >= 0.6 is 0 Å². The Kier molecular flexibility index (Phi) is 3.92. The molecule has 7 nitrogen and oxygen atoms in total. The first-order valence-electron chi connectivity index (χ1n) is 7.83. The van der Waals surface area contributed by atoms with Crippen LogP contribution in [0.15, 0.2) is 35.1 Å². The minimum atomic E-state index is -2.78. The topological polar surface area (TPSA) is 76.0 Å². The molecule has 0 bridgehead atoms. The molecular formula is C16H15F2N5O2. The van der Waals surface area contributed by atoms with E-state index in [9.17, 15) is 13.6 Å². The molecule has 1 aliphatic heterocycles. The number of aromatic amines is 1. The third kappa shape index (κ3) is 2.86. The summed E-state index contributed by atoms with van der Waals surface area (Å²) in [7, 11) is 0. The molecule has 130 valence electrons. The molecule has 0 spiro atoms. The second-order valence-corrected chi connectivity index (χ2v) is 5.62. The number of para-hydroxylation sites is 2. The Balaban J connectivity index is 1.90. The van der Waals surface area contributed by atoms with Gasteiger partial charge in [-0.15, -0.1) is 0 Å². The standard InChI is InChI=1S/C16H15F2N5O2/c17-14(18)15-19-10-3-1-2-4-11(10)23(15)13-9-12(20-16(24)21-13)22-5-7-25-8-6-22/h1-4,9,14H,5-8H2,(H,20,21,24). The Morgan fingerprint density at radius 1 is 1.16 bits per heavy atom. The first-order chi connectivity index (χ1) is 12.1. The van der Waals surface area contributed by atoms with Gasteiger partial charge in [0, 0.05) is 19.2 Å². The van der Waals surface area contributed by atoms with Crippen LogP contribution in [0.3, 0.4) is 0 Å². The van der Waals surface area contributed by atoms with Crippen LogP contribution in [0.25, 0.3) is 16.9 Å². The number of hydrogen-bond donors (Lipinski definition) is 1. The van der Waals surface area contributed by atoms with Gasteiger partial charge >= 0.3 is 5.69 Å². The van der Waals surface area contributed by atoms with Gasteiger partial charge in [-0.1, -0.05) is 12.1 Å². The van der Waals surface area contributed by atoms with E-state index in [1.54, 1.807) is 30.3 Å². The van der Waals surface area contributed by atoms with Crippen molar-refractivity contribution in [2.75, 3.05) is 31.2 Å². The van der Waals surface area contributed by atoms with Crippen LogP contribution in [0.2, 0.25) is 0 Å². The zero-order valence-corrected chi connectivity index (χ0v) is 13.2. The van der Waals surface area contributed by atoms with Gasteiger partial charge in [-0.3, -0.25) is 9.55 Å². The fraction of sp³-hybridized carbons (Fsp3) is 0.312. The monoisotopic (exact) mass is 347 g/mol. The molecule has 0 radical (unpaired) electrons. The number of aromatic nitrogens is 4. The maximum atomic E-state index is 13.5. The highest BCUT2D eigenvalue weighted by molar-refractivity contribution is 5.78. The number of imidazole rings is 1. The van der Waals surface area contributed by atoms with Gasteiger partial charge in [-0.2, -0.15) is 4.98 Å². The van der Waals surface area contributed by atoms with Gasteiger partial charge in [-0.25, -0.2) is 18.6 Å². The Morgan fingerprint density at radius 2 is 1.92 bits per heavy atom. The smallest absolute Gasteiger partial charge is 0.348 e. The van der Waals surface area contributed by atoms with Gasteiger partial charge in [0.1, 0.15) is 11.6 Å². The minimum absolute atomic E-state index is 0.213. The molecule has 1 aromatic carbocycles. The van der Waals surface area contributed by atoms with Crippen LogP contribution in [0, 0.1) is 0 Å². The molecule has 3 heterocycles. The van der Waals surface area contributed by atoms with E-state index < -0.39 is 17.9 Å². The summed E-state index contributed by atoms with van der Waals surface area (Å²) in [6.07, 6.45) is -2.78. The van der Waals surface area contributed by atoms with E-state index in [1.807, 2.05) is 4.90 Å². The molecule has 0 saturated carbocycles. The number of anilines is 1. The van der Waals surface area contributed by atoms with E-state index in [-0.39, 0.29) is 5.82 Å². The lowest BCUT2D eigenvalue weighted by atomic mass is 10.3. The number of fused-ring (bicyclic) bond motifs is 1. The lowest BCUT2D eigenvalue weighted by molar-refractivity contribution is 0.122. The number of alkyl halides is 2. The number of nitrogens with one attached hydrogen (secondary N) is 1. The van der Waals surface area contributed by atoms with Crippen molar-refractivity contribution in [1.82, 2.24) is 19.5 Å². The summed E-state index contributed by atoms with van der Waals surface area (Å²) in [5.74, 6) is 0.224. The molecule has 2 aromatic heterocycles. The van der Waals surface area contributed by atoms with Crippen molar-refractivity contribution in [3.8, 4) is 5.82 Å². The maximum Gasteiger partial charge on any atom is 0.348 e. The summed E-state index contributed by atoms with van der Waals surface area (Å²) >= 11 is 0. The second-order valence-electron chi connectivity index (χ2n) is 5.62. The SMILES string of the molecule is O=c1nc(N2CCOCC2)cc(-n2c(C(F)F)nc3ccccc32)[nH]1. The highest BCUT2D eigenvalue weighted by atomic mass is 19.3. The van der Waals surface area contributed by atoms with E-state index in [4.69, 9.17) is 4.74 Å². The largest absolute Gasteiger partial charge is 0.378 e. The summed E-state index contributed by atoms with van der Waals surface area (Å²) in [6.45, 7) is 2.23. The fourth-order valence-electron chi connectivity index (χ4n) is 2.95. The fourth-order valence-corrected chi connectivity index (χ4v) is 2.95. The lowest BCUT2D eigenvalue weighted by Gasteiger charge is -2.27. The van der Waals surface area contributed by atoms with Crippen LogP contribution in [-0.4, -0.2) is 45.8 Å². The quantitative estimate of drug-likeness (QED) is 0.783. The van der Waals surface area contributed by atoms with Crippen molar-refractivity contribution in [3.05, 3.63) is 46.6 Å². The number of nitrogens with zero attached hydrogens (tertiary/aromatic N) is 4. The molecule has 25 heavy (non-hydrogen) atoms. The summed E-state index contributed by atoms with van der Waals surface area (Å²) in [5, 5.41) is 0. The number of H-pyrrole nitrogens is 1. The van der Waals surface area contributed by atoms with Crippen molar-refractivity contribution in [2.24, 2.45) is 0 Å². The Hall–Kier alpha value is -2.81. The third-order valence-electron chi connectivity index (χ3n) is 4.07. The molecule has 4 rings (SSSR count). The highest BCUT2D eigenvalue weighted by Crippen LogP contribution is 2.27. The van der Waals surface area contributed by atoms with Crippen LogP contribution < -0.4 is 10.6 Å². The van der Waals surface area contributed by atoms with Crippen molar-refractivity contribution < 1.29 is 13.5 Å². The number of benzene rings is 1. The number of halogens is 2. The molecule has 0 amide bonds. The molecule has 1 saturated heterocycles. The van der Waals surface area contributed by atoms with Crippen molar-refractivity contribution in [2.45, 2.75) is 6.43 Å². The Labute approximate surface area is 140 Å². The molecule has 3 aromatic rings. The van der Waals surface area contributed by atoms with Gasteiger partial charge in [0.05, 0.1) is 24.2 Å². The molecule has 1 N–H and O–H groups in total. The lowest BCUT2D eigenvalue weighted by Crippen LogP contribution is -2.38. The van der Waals surface area contributed by atoms with Gasteiger partial charge in [0.15, 0.2) is 5.82 Å². The van der Waals surface area contributed by atoms with Gasteiger partial charge < -0.3 is 9.64 Å². The second kappa shape index (κ2) is 6.25. The molecule has 1 fully saturated rings. The average Bonchev–Trinajstić information content (AvgIpc) is 3.02. The van der Waals surface area contributed by atoms with Crippen molar-refractivity contribution in [1.29, 1.82) is 0 Å². The third-order valence-corrected chi connectivity index (χ3v) is 4.07. The van der Waals surface area contributed by atoms with Crippen molar-refractivity contribution >= 4 is 16.9 Å². The van der Waals surface area contributed by atoms with E-state index >= 15 is 0 Å². The number of rotatable bonds is 3. The predicted molar refractivity (Wildman–Crippen MR) is 87.5 cm³/mol. The number of morpholine rings is 1. The number of ether oxygens (including phenoxy) is 1. The van der Waals surface area contributed by atoms with Crippen LogP contribution in [0.1, 0.15) is 12.2 Å². The van der Waals surface area contributed by atoms with Gasteiger partial charge in [-0.05, 0) is 12.1 Å². The molecule has 0 aliphatic carbocycles. The van der Waals surface area contributed by atoms with Crippen molar-refractivity contribution in [3.63, 3.8) is 0 Å². The zero-order chi connectivity index (χ0) is 17.4. The number of hydrogen-bond acceptors (Lipinski definition) is 5. The zero-order valence-electron chi connectivity index (χ0n) is 13.2. The van der Waals surface area contributed by atoms with E-state index in [0.29, 0.717) is 43.2 Å². The summed E-state index contributed by atoms with van der Waals surface area (Å²) < 4.78 is 33.5. The minimum Gasteiger partial charge on any atom is -0.378 e. The first-order valence-corrected chi connectivity index (χ1v) is 7.83. The molecule has 0 unspecified atom stereocenters. The average molecular weight is 347 g/mol. The summed E-state index contributed by atoms with van der Waals surface area (Å²) in [5.41, 5.74) is 0.327. The van der Waals surface area contributed by atoms with E-state index in [1.165, 1.54) is 4.57 Å². The van der Waals surface area contributed by atoms with Gasteiger partial charge in [0.2, 0.25) is 0 Å². The van der Waals surface area contributed by atoms with Crippen LogP contribution in [0.4, 0.5) is 14.6 Å². The molecule has 1 aliphatic rings. The molecule has 0 atom stereocenters. The maximum absolute atomic E-state index is 13.5. The summed E-state index contributed by atoms with van der Waals surface area (Å²) in [4.78, 5) is 24.4. The predicted octanol–water partition coefficient (Wildman–Crippen LogP) is 1.88. The molecular weight excluding hydrogens is 332 g/mol. The first kappa shape index (κ1) is 15.7. The molecule has 9 heteroatoms. The highest BCUT2D eigenvalue weighted by Gasteiger charge is 2.22. The van der Waals surface area contributed by atoms with Crippen LogP contribution in [0.5, 0.6) is 0 Å². The van der Waals surface area contributed by atoms with E-state index in [2.05, 4.69) is 15.0 Å². The summed E-state index contributed by atoms with van der Waals surface area (Å²) in [6, 6.07) is 8.38. The van der Waals surface area contributed by atoms with Gasteiger partial charge in [0.25, 0.3) is 6.43 Å². The Morgan fingerprint density at radius 3 is 2.68 bits per heavy atom. The Bertz CT molecular complexity index is 963. The van der Waals surface area contributed by atoms with E-state index in [0.717, 1.165) is 0 Å².